The second-order valence-electron chi connectivity index (χ2n) is 19.2. The minimum Gasteiger partial charge on any atom is -0.444 e. The summed E-state index contributed by atoms with van der Waals surface area (Å²) < 4.78 is 7.47. The van der Waals surface area contributed by atoms with Gasteiger partial charge in [0.05, 0.1) is 29.4 Å². The van der Waals surface area contributed by atoms with E-state index in [0.717, 1.165) is 70.8 Å². The second kappa shape index (κ2) is 15.4. The molecular weight excluding hydrogens is 781 g/mol. The van der Waals surface area contributed by atoms with Crippen LogP contribution in [0.25, 0.3) is 22.0 Å². The van der Waals surface area contributed by atoms with Crippen molar-refractivity contribution in [2.75, 3.05) is 60.9 Å². The van der Waals surface area contributed by atoms with Crippen LogP contribution in [-0.2, 0) is 34.3 Å². The summed E-state index contributed by atoms with van der Waals surface area (Å²) >= 11 is 0. The lowest BCUT2D eigenvalue weighted by Gasteiger charge is -2.63. The Kier molecular flexibility index (Phi) is 9.96. The topological polar surface area (TPSA) is 141 Å². The van der Waals surface area contributed by atoms with Crippen LogP contribution in [0.1, 0.15) is 74.9 Å². The number of ether oxygens (including phenoxy) is 1. The van der Waals surface area contributed by atoms with E-state index in [0.29, 0.717) is 49.8 Å². The third-order valence-corrected chi connectivity index (χ3v) is 13.5. The molecule has 1 atom stereocenters. The fourth-order valence-electron chi connectivity index (χ4n) is 10.4. The monoisotopic (exact) mass is 836 g/mol. The van der Waals surface area contributed by atoms with E-state index in [4.69, 9.17) is 14.8 Å². The van der Waals surface area contributed by atoms with Crippen molar-refractivity contribution in [1.29, 1.82) is 0 Å². The normalized spacial score (nSPS) is 20.5. The number of carbonyl (C=O) groups is 3. The van der Waals surface area contributed by atoms with Crippen LogP contribution in [0.4, 0.5) is 27.8 Å². The first-order chi connectivity index (χ1) is 29.8. The van der Waals surface area contributed by atoms with Gasteiger partial charge in [0.25, 0.3) is 0 Å². The first-order valence-corrected chi connectivity index (χ1v) is 22.1. The molecule has 4 fully saturated rings. The highest BCUT2D eigenvalue weighted by molar-refractivity contribution is 6.04. The number of para-hydroxylation sites is 1. The van der Waals surface area contributed by atoms with Crippen molar-refractivity contribution in [2.24, 2.45) is 12.5 Å². The molecule has 10 rings (SSSR count). The van der Waals surface area contributed by atoms with Crippen molar-refractivity contribution < 1.29 is 19.1 Å². The highest BCUT2D eigenvalue weighted by Gasteiger charge is 2.53. The number of nitrogens with zero attached hydrogens (tertiary/aromatic N) is 8. The highest BCUT2D eigenvalue weighted by atomic mass is 16.6. The van der Waals surface area contributed by atoms with Crippen molar-refractivity contribution >= 4 is 51.8 Å². The van der Waals surface area contributed by atoms with Crippen LogP contribution >= 0.6 is 0 Å². The number of nitrogens with one attached hydrogen (secondary N) is 2. The van der Waals surface area contributed by atoms with Gasteiger partial charge in [0.15, 0.2) is 0 Å². The van der Waals surface area contributed by atoms with E-state index >= 15 is 0 Å². The standard InChI is InChI=1S/C48H56N10O4/c1-30-23-35(13-14-36(30)37-7-6-8-38-42(53-54(5)43(37)38)39-15-16-41(59)52-44(39)60)58-28-48(29-58)26-57(27-48)34-18-21-55(22-19-34)33-11-9-32(10-12-33)50-45-49-24-31-17-20-56(25-40(31)51-45)46(61)62-47(2,3)4/h6-14,23-24,34,39H,15-22,25-29H2,1-5H3,(H,49,50,51)(H,52,59,60). The number of piperidine rings is 2. The van der Waals surface area contributed by atoms with E-state index in [1.54, 1.807) is 4.90 Å². The maximum Gasteiger partial charge on any atom is 0.410 e. The molecule has 5 aromatic rings. The Labute approximate surface area is 362 Å². The van der Waals surface area contributed by atoms with E-state index < -0.39 is 11.5 Å². The van der Waals surface area contributed by atoms with Gasteiger partial charge in [0, 0.05) is 105 Å². The lowest BCUT2D eigenvalue weighted by Crippen LogP contribution is -2.74. The molecule has 7 heterocycles. The van der Waals surface area contributed by atoms with Crippen molar-refractivity contribution in [1.82, 2.24) is 34.9 Å². The predicted octanol–water partition coefficient (Wildman–Crippen LogP) is 6.69. The minimum absolute atomic E-state index is 0.215. The number of fused-ring (bicyclic) bond motifs is 2. The molecule has 2 aromatic heterocycles. The van der Waals surface area contributed by atoms with Crippen LogP contribution in [0.3, 0.4) is 0 Å². The van der Waals surface area contributed by atoms with Gasteiger partial charge in [0.2, 0.25) is 17.8 Å². The average Bonchev–Trinajstić information content (AvgIpc) is 3.55. The number of aryl methyl sites for hydroxylation is 2. The summed E-state index contributed by atoms with van der Waals surface area (Å²) in [6.45, 7) is 15.5. The Morgan fingerprint density at radius 3 is 2.37 bits per heavy atom. The third kappa shape index (κ3) is 7.62. The SMILES string of the molecule is Cc1cc(N2CC3(C2)CN(C2CCN(c4ccc(Nc5ncc6c(n5)CN(C(=O)OC(C)(C)C)CC6)cc4)CC2)C3)ccc1-c1cccc2c(C3CCC(=O)NC3=O)nn(C)c12. The lowest BCUT2D eigenvalue weighted by molar-refractivity contribution is -0.134. The van der Waals surface area contributed by atoms with Gasteiger partial charge in [-0.2, -0.15) is 5.10 Å². The maximum absolute atomic E-state index is 12.7. The summed E-state index contributed by atoms with van der Waals surface area (Å²) in [5.41, 5.74) is 10.4. The number of aromatic nitrogens is 4. The van der Waals surface area contributed by atoms with Gasteiger partial charge < -0.3 is 24.8 Å². The molecule has 0 bridgehead atoms. The molecule has 0 saturated carbocycles. The fraction of sp³-hybridized carbons (Fsp3) is 0.458. The number of imide groups is 1. The van der Waals surface area contributed by atoms with Crippen molar-refractivity contribution in [2.45, 2.75) is 83.9 Å². The molecule has 1 spiro atoms. The van der Waals surface area contributed by atoms with Crippen LogP contribution in [0, 0.1) is 12.3 Å². The minimum atomic E-state index is -0.538. The second-order valence-corrected chi connectivity index (χ2v) is 19.2. The van der Waals surface area contributed by atoms with E-state index in [1.165, 1.54) is 42.9 Å². The first kappa shape index (κ1) is 40.1. The van der Waals surface area contributed by atoms with Crippen LogP contribution in [0.15, 0.2) is 66.9 Å². The molecule has 4 saturated heterocycles. The largest absolute Gasteiger partial charge is 0.444 e. The average molecular weight is 837 g/mol. The lowest BCUT2D eigenvalue weighted by atomic mass is 9.71. The molecule has 0 aliphatic carbocycles. The van der Waals surface area contributed by atoms with Crippen LogP contribution in [0.5, 0.6) is 0 Å². The summed E-state index contributed by atoms with van der Waals surface area (Å²) in [6.07, 6.45) is 5.41. The highest BCUT2D eigenvalue weighted by Crippen LogP contribution is 2.45. The molecule has 322 valence electrons. The van der Waals surface area contributed by atoms with Crippen molar-refractivity contribution in [3.8, 4) is 11.1 Å². The maximum atomic E-state index is 12.7. The molecule has 0 radical (unpaired) electrons. The van der Waals surface area contributed by atoms with Crippen LogP contribution in [0.2, 0.25) is 0 Å². The van der Waals surface area contributed by atoms with E-state index in [-0.39, 0.29) is 17.9 Å². The number of hydrogen-bond acceptors (Lipinski definition) is 11. The smallest absolute Gasteiger partial charge is 0.410 e. The molecule has 14 nitrogen and oxygen atoms in total. The van der Waals surface area contributed by atoms with E-state index in [1.807, 2.05) is 50.8 Å². The summed E-state index contributed by atoms with van der Waals surface area (Å²) in [5, 5.41) is 11.6. The molecule has 3 aromatic carbocycles. The molecule has 5 aliphatic rings. The quantitative estimate of drug-likeness (QED) is 0.170. The Morgan fingerprint density at radius 2 is 1.65 bits per heavy atom. The number of carbonyl (C=O) groups excluding carboxylic acids is 3. The molecule has 1 unspecified atom stereocenters. The van der Waals surface area contributed by atoms with Gasteiger partial charge in [-0.15, -0.1) is 0 Å². The Bertz CT molecular complexity index is 2560. The molecular formula is C48H56N10O4. The summed E-state index contributed by atoms with van der Waals surface area (Å²) in [7, 11) is 1.94. The Morgan fingerprint density at radius 1 is 0.887 bits per heavy atom. The van der Waals surface area contributed by atoms with Crippen molar-refractivity contribution in [3.05, 3.63) is 89.4 Å². The fourth-order valence-corrected chi connectivity index (χ4v) is 10.4. The zero-order valence-electron chi connectivity index (χ0n) is 36.4. The van der Waals surface area contributed by atoms with Gasteiger partial charge in [-0.1, -0.05) is 24.3 Å². The number of likely N-dealkylation sites (tertiary alicyclic amines) is 1. The summed E-state index contributed by atoms with van der Waals surface area (Å²) in [4.78, 5) is 56.0. The van der Waals surface area contributed by atoms with Crippen molar-refractivity contribution in [3.63, 3.8) is 0 Å². The Hall–Kier alpha value is -6.02. The van der Waals surface area contributed by atoms with Gasteiger partial charge in [-0.25, -0.2) is 14.8 Å². The molecule has 62 heavy (non-hydrogen) atoms. The zero-order chi connectivity index (χ0) is 42.9. The number of amides is 3. The molecule has 14 heteroatoms. The number of anilines is 4. The number of rotatable bonds is 7. The van der Waals surface area contributed by atoms with Crippen LogP contribution in [-0.4, -0.2) is 105 Å². The van der Waals surface area contributed by atoms with Crippen LogP contribution < -0.4 is 20.4 Å². The zero-order valence-corrected chi connectivity index (χ0v) is 36.4. The molecule has 2 N–H and O–H groups in total. The number of hydrogen-bond donors (Lipinski definition) is 2. The van der Waals surface area contributed by atoms with Gasteiger partial charge in [-0.3, -0.25) is 24.5 Å². The molecule has 3 amide bonds. The van der Waals surface area contributed by atoms with E-state index in [9.17, 15) is 14.4 Å². The van der Waals surface area contributed by atoms with E-state index in [2.05, 4.69) is 85.8 Å². The molecule has 5 aliphatic heterocycles. The first-order valence-electron chi connectivity index (χ1n) is 22.1. The summed E-state index contributed by atoms with van der Waals surface area (Å²) in [6, 6.07) is 22.2. The van der Waals surface area contributed by atoms with Gasteiger partial charge >= 0.3 is 6.09 Å². The third-order valence-electron chi connectivity index (χ3n) is 13.5. The predicted molar refractivity (Wildman–Crippen MR) is 240 cm³/mol. The number of benzene rings is 3. The Balaban J connectivity index is 0.703. The van der Waals surface area contributed by atoms with Gasteiger partial charge in [-0.05, 0) is 106 Å². The van der Waals surface area contributed by atoms with Gasteiger partial charge in [0.1, 0.15) is 5.60 Å². The summed E-state index contributed by atoms with van der Waals surface area (Å²) in [5.74, 6) is -0.376.